The molecule has 0 aromatic heterocycles. The first-order valence-corrected chi connectivity index (χ1v) is 8.45. The molecule has 2 N–H and O–H groups in total. The first kappa shape index (κ1) is 19.0. The molecule has 0 radical (unpaired) electrons. The smallest absolute Gasteiger partial charge is 0.239 e. The molecule has 2 amide bonds. The number of hydrogen-bond acceptors (Lipinski definition) is 2. The third-order valence-corrected chi connectivity index (χ3v) is 4.45. The van der Waals surface area contributed by atoms with Crippen molar-refractivity contribution in [2.75, 3.05) is 10.6 Å². The number of carbonyl (C=O) groups is 2. The van der Waals surface area contributed by atoms with E-state index in [9.17, 15) is 9.59 Å². The van der Waals surface area contributed by atoms with Crippen molar-refractivity contribution in [1.82, 2.24) is 0 Å². The van der Waals surface area contributed by atoms with Crippen LogP contribution in [-0.4, -0.2) is 11.8 Å². The van der Waals surface area contributed by atoms with Gasteiger partial charge in [-0.1, -0.05) is 23.7 Å². The minimum absolute atomic E-state index is 0.367. The first-order valence-electron chi connectivity index (χ1n) is 8.07. The molecule has 25 heavy (non-hydrogen) atoms. The highest BCUT2D eigenvalue weighted by Gasteiger charge is 2.36. The Labute approximate surface area is 153 Å². The van der Waals surface area contributed by atoms with Crippen LogP contribution in [0.1, 0.15) is 30.5 Å². The SMILES string of the molecule is Cc1cc(C)cc(NC(=O)C(C)(C)C(=O)Nc2ccc(C)c(Cl)c2)c1. The summed E-state index contributed by atoms with van der Waals surface area (Å²) in [6, 6.07) is 11.0. The maximum atomic E-state index is 12.6. The zero-order valence-corrected chi connectivity index (χ0v) is 15.9. The van der Waals surface area contributed by atoms with Gasteiger partial charge in [0.2, 0.25) is 11.8 Å². The summed E-state index contributed by atoms with van der Waals surface area (Å²) in [5, 5.41) is 6.15. The normalized spacial score (nSPS) is 11.1. The summed E-state index contributed by atoms with van der Waals surface area (Å²) < 4.78 is 0. The van der Waals surface area contributed by atoms with E-state index in [1.165, 1.54) is 0 Å². The van der Waals surface area contributed by atoms with Gasteiger partial charge in [-0.15, -0.1) is 0 Å². The second kappa shape index (κ2) is 7.28. The largest absolute Gasteiger partial charge is 0.325 e. The quantitative estimate of drug-likeness (QED) is 0.766. The van der Waals surface area contributed by atoms with Crippen molar-refractivity contribution in [3.63, 3.8) is 0 Å². The second-order valence-electron chi connectivity index (χ2n) is 6.87. The van der Waals surface area contributed by atoms with Crippen LogP contribution in [0.25, 0.3) is 0 Å². The number of aryl methyl sites for hydroxylation is 3. The van der Waals surface area contributed by atoms with Gasteiger partial charge in [-0.05, 0) is 75.6 Å². The Morgan fingerprint density at radius 1 is 0.840 bits per heavy atom. The number of carbonyl (C=O) groups excluding carboxylic acids is 2. The molecule has 2 aromatic rings. The molecular weight excluding hydrogens is 336 g/mol. The Bertz CT molecular complexity index is 808. The fraction of sp³-hybridized carbons (Fsp3) is 0.300. The van der Waals surface area contributed by atoms with Crippen LogP contribution in [0.4, 0.5) is 11.4 Å². The van der Waals surface area contributed by atoms with E-state index in [2.05, 4.69) is 10.6 Å². The molecule has 2 rings (SSSR count). The van der Waals surface area contributed by atoms with Gasteiger partial charge in [-0.25, -0.2) is 0 Å². The molecule has 0 aliphatic rings. The molecule has 0 saturated heterocycles. The van der Waals surface area contributed by atoms with Gasteiger partial charge in [0.25, 0.3) is 0 Å². The standard InChI is InChI=1S/C20H23ClN2O2/c1-12-8-13(2)10-16(9-12)23-19(25)20(4,5)18(24)22-15-7-6-14(3)17(21)11-15/h6-11H,1-5H3,(H,22,24)(H,23,25). The lowest BCUT2D eigenvalue weighted by Crippen LogP contribution is -2.41. The summed E-state index contributed by atoms with van der Waals surface area (Å²) in [6.07, 6.45) is 0. The van der Waals surface area contributed by atoms with E-state index in [0.29, 0.717) is 16.4 Å². The molecule has 0 aliphatic heterocycles. The molecule has 0 atom stereocenters. The molecule has 0 fully saturated rings. The van der Waals surface area contributed by atoms with Crippen LogP contribution < -0.4 is 10.6 Å². The summed E-state index contributed by atoms with van der Waals surface area (Å²) in [5.41, 5.74) is 3.02. The third-order valence-electron chi connectivity index (χ3n) is 4.04. The Kier molecular flexibility index (Phi) is 5.53. The minimum atomic E-state index is -1.24. The second-order valence-corrected chi connectivity index (χ2v) is 7.28. The summed E-state index contributed by atoms with van der Waals surface area (Å²) in [6.45, 7) is 8.99. The number of benzene rings is 2. The Hall–Kier alpha value is -2.33. The van der Waals surface area contributed by atoms with Gasteiger partial charge >= 0.3 is 0 Å². The van der Waals surface area contributed by atoms with E-state index in [4.69, 9.17) is 11.6 Å². The molecule has 5 heteroatoms. The van der Waals surface area contributed by atoms with Gasteiger partial charge in [-0.2, -0.15) is 0 Å². The van der Waals surface area contributed by atoms with E-state index in [1.54, 1.807) is 26.0 Å². The summed E-state index contributed by atoms with van der Waals surface area (Å²) in [4.78, 5) is 25.2. The number of anilines is 2. The zero-order valence-electron chi connectivity index (χ0n) is 15.2. The number of rotatable bonds is 4. The van der Waals surface area contributed by atoms with E-state index in [0.717, 1.165) is 16.7 Å². The van der Waals surface area contributed by atoms with E-state index < -0.39 is 11.3 Å². The van der Waals surface area contributed by atoms with Crippen molar-refractivity contribution < 1.29 is 9.59 Å². The summed E-state index contributed by atoms with van der Waals surface area (Å²) in [7, 11) is 0. The van der Waals surface area contributed by atoms with Gasteiger partial charge in [-0.3, -0.25) is 9.59 Å². The molecule has 2 aromatic carbocycles. The van der Waals surface area contributed by atoms with Crippen LogP contribution in [0.2, 0.25) is 5.02 Å². The number of halogens is 1. The fourth-order valence-corrected chi connectivity index (χ4v) is 2.58. The average Bonchev–Trinajstić information content (AvgIpc) is 2.49. The lowest BCUT2D eigenvalue weighted by molar-refractivity contribution is -0.135. The van der Waals surface area contributed by atoms with Crippen LogP contribution in [0.5, 0.6) is 0 Å². The topological polar surface area (TPSA) is 58.2 Å². The Morgan fingerprint density at radius 2 is 1.36 bits per heavy atom. The zero-order chi connectivity index (χ0) is 18.8. The number of amides is 2. The molecule has 0 saturated carbocycles. The molecule has 132 valence electrons. The molecular formula is C20H23ClN2O2. The molecule has 0 bridgehead atoms. The summed E-state index contributed by atoms with van der Waals surface area (Å²) in [5.74, 6) is -0.762. The molecule has 4 nitrogen and oxygen atoms in total. The Morgan fingerprint density at radius 3 is 1.88 bits per heavy atom. The number of nitrogens with one attached hydrogen (secondary N) is 2. The van der Waals surface area contributed by atoms with Crippen molar-refractivity contribution in [2.24, 2.45) is 5.41 Å². The molecule has 0 aliphatic carbocycles. The maximum absolute atomic E-state index is 12.6. The average molecular weight is 359 g/mol. The van der Waals surface area contributed by atoms with Crippen LogP contribution in [0, 0.1) is 26.2 Å². The highest BCUT2D eigenvalue weighted by atomic mass is 35.5. The van der Waals surface area contributed by atoms with E-state index >= 15 is 0 Å². The van der Waals surface area contributed by atoms with Crippen LogP contribution in [0.3, 0.4) is 0 Å². The monoisotopic (exact) mass is 358 g/mol. The predicted molar refractivity (Wildman–Crippen MR) is 103 cm³/mol. The van der Waals surface area contributed by atoms with Gasteiger partial charge < -0.3 is 10.6 Å². The van der Waals surface area contributed by atoms with Crippen LogP contribution in [0.15, 0.2) is 36.4 Å². The predicted octanol–water partition coefficient (Wildman–Crippen LogP) is 4.87. The van der Waals surface area contributed by atoms with Gasteiger partial charge in [0.1, 0.15) is 5.41 Å². The number of hydrogen-bond donors (Lipinski definition) is 2. The van der Waals surface area contributed by atoms with Crippen molar-refractivity contribution in [3.05, 3.63) is 58.1 Å². The highest BCUT2D eigenvalue weighted by molar-refractivity contribution is 6.31. The van der Waals surface area contributed by atoms with Crippen molar-refractivity contribution >= 4 is 34.8 Å². The molecule has 0 spiro atoms. The third kappa shape index (κ3) is 4.60. The minimum Gasteiger partial charge on any atom is -0.325 e. The highest BCUT2D eigenvalue weighted by Crippen LogP contribution is 2.25. The van der Waals surface area contributed by atoms with Crippen molar-refractivity contribution in [1.29, 1.82) is 0 Å². The van der Waals surface area contributed by atoms with Crippen LogP contribution >= 0.6 is 11.6 Å². The lowest BCUT2D eigenvalue weighted by atomic mass is 9.90. The Balaban J connectivity index is 2.13. The first-order chi connectivity index (χ1) is 11.6. The van der Waals surface area contributed by atoms with Gasteiger partial charge in [0, 0.05) is 16.4 Å². The van der Waals surface area contributed by atoms with Gasteiger partial charge in [0.05, 0.1) is 0 Å². The molecule has 0 heterocycles. The van der Waals surface area contributed by atoms with Crippen molar-refractivity contribution in [2.45, 2.75) is 34.6 Å². The summed E-state index contributed by atoms with van der Waals surface area (Å²) >= 11 is 6.08. The lowest BCUT2D eigenvalue weighted by Gasteiger charge is -2.23. The van der Waals surface area contributed by atoms with E-state index in [-0.39, 0.29) is 5.91 Å². The van der Waals surface area contributed by atoms with Crippen LogP contribution in [-0.2, 0) is 9.59 Å². The fourth-order valence-electron chi connectivity index (χ4n) is 2.40. The molecule has 0 unspecified atom stereocenters. The van der Waals surface area contributed by atoms with E-state index in [1.807, 2.05) is 45.0 Å². The van der Waals surface area contributed by atoms with Crippen molar-refractivity contribution in [3.8, 4) is 0 Å². The maximum Gasteiger partial charge on any atom is 0.239 e. The van der Waals surface area contributed by atoms with Gasteiger partial charge in [0.15, 0.2) is 0 Å².